The summed E-state index contributed by atoms with van der Waals surface area (Å²) >= 11 is 5.61. The quantitative estimate of drug-likeness (QED) is 0.458. The number of allylic oxidation sites excluding steroid dienone is 1. The summed E-state index contributed by atoms with van der Waals surface area (Å²) in [6.45, 7) is 2.86. The molecule has 0 saturated carbocycles. The number of aromatic nitrogens is 2. The zero-order valence-corrected chi connectivity index (χ0v) is 8.25. The molecule has 0 bridgehead atoms. The second kappa shape index (κ2) is 5.54. The van der Waals surface area contributed by atoms with Crippen molar-refractivity contribution in [2.75, 3.05) is 11.9 Å². The number of nitrogens with one attached hydrogen (secondary N) is 1. The van der Waals surface area contributed by atoms with Gasteiger partial charge in [-0.25, -0.2) is 9.97 Å². The molecule has 1 aromatic heterocycles. The van der Waals surface area contributed by atoms with Gasteiger partial charge in [0.25, 0.3) is 0 Å². The van der Waals surface area contributed by atoms with Gasteiger partial charge in [0.05, 0.1) is 0 Å². The van der Waals surface area contributed by atoms with Crippen LogP contribution in [-0.4, -0.2) is 16.5 Å². The molecule has 70 valence electrons. The lowest BCUT2D eigenvalue weighted by Gasteiger charge is -2.02. The monoisotopic (exact) mass is 197 g/mol. The topological polar surface area (TPSA) is 37.8 Å². The van der Waals surface area contributed by atoms with Crippen LogP contribution >= 0.6 is 11.6 Å². The van der Waals surface area contributed by atoms with E-state index in [2.05, 4.69) is 21.4 Å². The molecule has 0 aliphatic carbocycles. The molecule has 0 atom stereocenters. The van der Waals surface area contributed by atoms with Gasteiger partial charge in [0.2, 0.25) is 5.28 Å². The molecular weight excluding hydrogens is 186 g/mol. The van der Waals surface area contributed by atoms with Gasteiger partial charge in [-0.05, 0) is 31.0 Å². The molecule has 1 aromatic rings. The van der Waals surface area contributed by atoms with Crippen LogP contribution in [0.3, 0.4) is 0 Å². The van der Waals surface area contributed by atoms with Gasteiger partial charge in [-0.15, -0.1) is 0 Å². The fourth-order valence-corrected chi connectivity index (χ4v) is 1.03. The van der Waals surface area contributed by atoms with E-state index in [0.717, 1.165) is 18.8 Å². The number of hydrogen-bond acceptors (Lipinski definition) is 3. The van der Waals surface area contributed by atoms with Gasteiger partial charge in [-0.1, -0.05) is 12.2 Å². The maximum atomic E-state index is 5.61. The molecule has 0 aliphatic heterocycles. The van der Waals surface area contributed by atoms with Crippen LogP contribution in [-0.2, 0) is 0 Å². The highest BCUT2D eigenvalue weighted by Crippen LogP contribution is 2.05. The lowest BCUT2D eigenvalue weighted by atomic mass is 10.4. The number of anilines is 1. The Morgan fingerprint density at radius 3 is 3.15 bits per heavy atom. The highest BCUT2D eigenvalue weighted by molar-refractivity contribution is 6.28. The summed E-state index contributed by atoms with van der Waals surface area (Å²) < 4.78 is 0. The van der Waals surface area contributed by atoms with E-state index >= 15 is 0 Å². The van der Waals surface area contributed by atoms with E-state index in [1.165, 1.54) is 0 Å². The third-order valence-corrected chi connectivity index (χ3v) is 1.66. The molecule has 0 aromatic carbocycles. The Bertz CT molecular complexity index is 286. The lowest BCUT2D eigenvalue weighted by Crippen LogP contribution is -2.02. The van der Waals surface area contributed by atoms with Crippen LogP contribution in [0.4, 0.5) is 5.82 Å². The maximum absolute atomic E-state index is 5.61. The minimum Gasteiger partial charge on any atom is -0.370 e. The molecule has 4 heteroatoms. The zero-order chi connectivity index (χ0) is 9.52. The molecule has 0 radical (unpaired) electrons. The van der Waals surface area contributed by atoms with Gasteiger partial charge in [0.15, 0.2) is 0 Å². The molecule has 0 aliphatic rings. The molecule has 0 spiro atoms. The van der Waals surface area contributed by atoms with E-state index in [-0.39, 0.29) is 5.28 Å². The SMILES string of the molecule is C/C=C/CCNc1ccnc(Cl)n1. The molecule has 0 fully saturated rings. The minimum absolute atomic E-state index is 0.274. The molecule has 1 N–H and O–H groups in total. The van der Waals surface area contributed by atoms with Crippen molar-refractivity contribution in [3.63, 3.8) is 0 Å². The van der Waals surface area contributed by atoms with Gasteiger partial charge >= 0.3 is 0 Å². The van der Waals surface area contributed by atoms with Crippen LogP contribution in [0.2, 0.25) is 5.28 Å². The summed E-state index contributed by atoms with van der Waals surface area (Å²) in [5.74, 6) is 0.768. The molecule has 0 saturated heterocycles. The van der Waals surface area contributed by atoms with E-state index < -0.39 is 0 Å². The van der Waals surface area contributed by atoms with Crippen molar-refractivity contribution in [1.29, 1.82) is 0 Å². The lowest BCUT2D eigenvalue weighted by molar-refractivity contribution is 1.03. The van der Waals surface area contributed by atoms with E-state index in [0.29, 0.717) is 0 Å². The Kier molecular flexibility index (Phi) is 4.26. The minimum atomic E-state index is 0.274. The Labute approximate surface area is 82.9 Å². The van der Waals surface area contributed by atoms with E-state index in [1.807, 2.05) is 13.0 Å². The van der Waals surface area contributed by atoms with E-state index in [4.69, 9.17) is 11.6 Å². The first-order chi connectivity index (χ1) is 6.33. The molecule has 0 unspecified atom stereocenters. The van der Waals surface area contributed by atoms with Crippen LogP contribution in [0.5, 0.6) is 0 Å². The van der Waals surface area contributed by atoms with Crippen LogP contribution in [0.25, 0.3) is 0 Å². The van der Waals surface area contributed by atoms with Crippen LogP contribution in [0, 0.1) is 0 Å². The summed E-state index contributed by atoms with van der Waals surface area (Å²) in [6, 6.07) is 1.79. The van der Waals surface area contributed by atoms with Crippen molar-refractivity contribution in [3.05, 3.63) is 29.7 Å². The summed E-state index contributed by atoms with van der Waals surface area (Å²) in [4.78, 5) is 7.77. The Morgan fingerprint density at radius 2 is 2.46 bits per heavy atom. The summed E-state index contributed by atoms with van der Waals surface area (Å²) in [7, 11) is 0. The van der Waals surface area contributed by atoms with Gasteiger partial charge in [-0.2, -0.15) is 0 Å². The Morgan fingerprint density at radius 1 is 1.62 bits per heavy atom. The van der Waals surface area contributed by atoms with Crippen molar-refractivity contribution in [3.8, 4) is 0 Å². The fraction of sp³-hybridized carbons (Fsp3) is 0.333. The highest BCUT2D eigenvalue weighted by atomic mass is 35.5. The maximum Gasteiger partial charge on any atom is 0.224 e. The van der Waals surface area contributed by atoms with Gasteiger partial charge in [0, 0.05) is 12.7 Å². The first-order valence-corrected chi connectivity index (χ1v) is 4.54. The van der Waals surface area contributed by atoms with Crippen molar-refractivity contribution in [1.82, 2.24) is 9.97 Å². The normalized spacial score (nSPS) is 10.6. The van der Waals surface area contributed by atoms with Gasteiger partial charge < -0.3 is 5.32 Å². The number of nitrogens with zero attached hydrogens (tertiary/aromatic N) is 2. The molecule has 0 amide bonds. The van der Waals surface area contributed by atoms with Crippen molar-refractivity contribution in [2.24, 2.45) is 0 Å². The van der Waals surface area contributed by atoms with Crippen LogP contribution < -0.4 is 5.32 Å². The fourth-order valence-electron chi connectivity index (χ4n) is 0.884. The largest absolute Gasteiger partial charge is 0.370 e. The average Bonchev–Trinajstić information content (AvgIpc) is 2.13. The predicted molar refractivity (Wildman–Crippen MR) is 55.0 cm³/mol. The van der Waals surface area contributed by atoms with E-state index in [9.17, 15) is 0 Å². The molecule has 1 rings (SSSR count). The number of hydrogen-bond donors (Lipinski definition) is 1. The average molecular weight is 198 g/mol. The van der Waals surface area contributed by atoms with Gasteiger partial charge in [0.1, 0.15) is 5.82 Å². The predicted octanol–water partition coefficient (Wildman–Crippen LogP) is 2.51. The van der Waals surface area contributed by atoms with Crippen molar-refractivity contribution in [2.45, 2.75) is 13.3 Å². The second-order valence-electron chi connectivity index (χ2n) is 2.50. The number of rotatable bonds is 4. The molecule has 13 heavy (non-hydrogen) atoms. The van der Waals surface area contributed by atoms with Crippen LogP contribution in [0.1, 0.15) is 13.3 Å². The summed E-state index contributed by atoms with van der Waals surface area (Å²) in [6.07, 6.45) is 6.73. The standard InChI is InChI=1S/C9H12ClN3/c1-2-3-4-6-11-8-5-7-12-9(10)13-8/h2-3,5,7H,4,6H2,1H3,(H,11,12,13)/b3-2+. The molecule has 3 nitrogen and oxygen atoms in total. The second-order valence-corrected chi connectivity index (χ2v) is 2.83. The summed E-state index contributed by atoms with van der Waals surface area (Å²) in [5.41, 5.74) is 0. The third kappa shape index (κ3) is 3.90. The van der Waals surface area contributed by atoms with Crippen molar-refractivity contribution >= 4 is 17.4 Å². The highest BCUT2D eigenvalue weighted by Gasteiger charge is 1.93. The van der Waals surface area contributed by atoms with Gasteiger partial charge in [-0.3, -0.25) is 0 Å². The number of halogens is 1. The summed E-state index contributed by atoms with van der Waals surface area (Å²) in [5, 5.41) is 3.41. The van der Waals surface area contributed by atoms with Crippen molar-refractivity contribution < 1.29 is 0 Å². The Hall–Kier alpha value is -1.09. The first kappa shape index (κ1) is 9.99. The zero-order valence-electron chi connectivity index (χ0n) is 7.50. The van der Waals surface area contributed by atoms with E-state index in [1.54, 1.807) is 12.3 Å². The Balaban J connectivity index is 2.36. The third-order valence-electron chi connectivity index (χ3n) is 1.48. The molecular formula is C9H12ClN3. The molecule has 1 heterocycles. The first-order valence-electron chi connectivity index (χ1n) is 4.16. The smallest absolute Gasteiger partial charge is 0.224 e. The van der Waals surface area contributed by atoms with Crippen LogP contribution in [0.15, 0.2) is 24.4 Å².